The van der Waals surface area contributed by atoms with E-state index in [0.717, 1.165) is 41.2 Å². The van der Waals surface area contributed by atoms with Gasteiger partial charge in [-0.2, -0.15) is 4.98 Å². The molecule has 0 radical (unpaired) electrons. The van der Waals surface area contributed by atoms with E-state index in [9.17, 15) is 4.79 Å². The summed E-state index contributed by atoms with van der Waals surface area (Å²) in [5.74, 6) is 2.45. The largest absolute Gasteiger partial charge is 0.494 e. The Bertz CT molecular complexity index is 1230. The summed E-state index contributed by atoms with van der Waals surface area (Å²) in [6.07, 6.45) is 2.27. The summed E-state index contributed by atoms with van der Waals surface area (Å²) >= 11 is 1.60. The molecule has 0 saturated carbocycles. The summed E-state index contributed by atoms with van der Waals surface area (Å²) in [4.78, 5) is 18.2. The second kappa shape index (κ2) is 9.29. The van der Waals surface area contributed by atoms with Gasteiger partial charge in [-0.25, -0.2) is 4.68 Å². The first-order chi connectivity index (χ1) is 16.4. The van der Waals surface area contributed by atoms with Crippen LogP contribution in [0.15, 0.2) is 71.0 Å². The molecule has 2 aromatic carbocycles. The van der Waals surface area contributed by atoms with Crippen LogP contribution in [0.5, 0.6) is 5.75 Å². The number of ether oxygens (including phenoxy) is 1. The smallest absolute Gasteiger partial charge is 0.227 e. The van der Waals surface area contributed by atoms with Crippen LogP contribution >= 0.6 is 11.8 Å². The normalized spacial score (nSPS) is 18.8. The van der Waals surface area contributed by atoms with Crippen LogP contribution in [0, 0.1) is 5.41 Å². The van der Waals surface area contributed by atoms with Crippen molar-refractivity contribution in [3.8, 4) is 5.75 Å². The highest BCUT2D eigenvalue weighted by molar-refractivity contribution is 7.98. The third-order valence-corrected chi connectivity index (χ3v) is 7.08. The van der Waals surface area contributed by atoms with E-state index in [-0.39, 0.29) is 17.2 Å². The Morgan fingerprint density at radius 1 is 1.15 bits per heavy atom. The summed E-state index contributed by atoms with van der Waals surface area (Å²) in [5.41, 5.74) is 3.88. The zero-order chi connectivity index (χ0) is 23.7. The number of rotatable bonds is 7. The average molecular weight is 475 g/mol. The van der Waals surface area contributed by atoms with Crippen molar-refractivity contribution in [2.75, 3.05) is 11.9 Å². The zero-order valence-electron chi connectivity index (χ0n) is 19.9. The summed E-state index contributed by atoms with van der Waals surface area (Å²) in [7, 11) is 0. The predicted molar refractivity (Wildman–Crippen MR) is 135 cm³/mol. The van der Waals surface area contributed by atoms with Crippen LogP contribution in [0.4, 0.5) is 5.95 Å². The topological polar surface area (TPSA) is 69.0 Å². The van der Waals surface area contributed by atoms with E-state index in [1.165, 1.54) is 5.56 Å². The van der Waals surface area contributed by atoms with Crippen molar-refractivity contribution >= 4 is 23.5 Å². The molecular weight excluding hydrogens is 444 g/mol. The van der Waals surface area contributed by atoms with Crippen molar-refractivity contribution in [1.82, 2.24) is 14.8 Å². The van der Waals surface area contributed by atoms with Gasteiger partial charge in [0.05, 0.1) is 6.61 Å². The molecule has 1 N–H and O–H groups in total. The van der Waals surface area contributed by atoms with E-state index < -0.39 is 0 Å². The van der Waals surface area contributed by atoms with Gasteiger partial charge in [-0.1, -0.05) is 75.0 Å². The Morgan fingerprint density at radius 2 is 1.97 bits per heavy atom. The summed E-state index contributed by atoms with van der Waals surface area (Å²) in [6, 6.07) is 18.0. The number of hydrogen-bond donors (Lipinski definition) is 1. The molecule has 6 nitrogen and oxygen atoms in total. The lowest BCUT2D eigenvalue weighted by Crippen LogP contribution is -2.36. The molecule has 1 atom stereocenters. The lowest BCUT2D eigenvalue weighted by Gasteiger charge is -2.38. The molecule has 1 aliphatic carbocycles. The number of ketones is 1. The van der Waals surface area contributed by atoms with Crippen LogP contribution in [0.2, 0.25) is 0 Å². The van der Waals surface area contributed by atoms with E-state index in [0.29, 0.717) is 24.1 Å². The maximum Gasteiger partial charge on any atom is 0.227 e. The van der Waals surface area contributed by atoms with E-state index in [2.05, 4.69) is 44.3 Å². The van der Waals surface area contributed by atoms with Gasteiger partial charge < -0.3 is 10.1 Å². The maximum atomic E-state index is 13.4. The lowest BCUT2D eigenvalue weighted by molar-refractivity contribution is -0.118. The Kier molecular flexibility index (Phi) is 6.21. The second-order valence-corrected chi connectivity index (χ2v) is 10.7. The standard InChI is InChI=1S/C27H30N4O2S/c1-4-13-33-20-12-8-11-19(14-20)24-23-21(15-27(2,3)16-22(23)32)28-25-29-26(30-31(24)25)34-17-18-9-6-5-7-10-18/h5-12,14,24H,4,13,15-17H2,1-3H3,(H,28,29,30). The van der Waals surface area contributed by atoms with E-state index >= 15 is 0 Å². The molecule has 1 aliphatic heterocycles. The number of nitrogens with one attached hydrogen (secondary N) is 1. The first-order valence-corrected chi connectivity index (χ1v) is 12.8. The molecule has 1 unspecified atom stereocenters. The SMILES string of the molecule is CCCOc1cccc(C2C3=C(CC(C)(C)CC3=O)Nc3nc(SCc4ccccc4)nn32)c1. The third-order valence-electron chi connectivity index (χ3n) is 6.17. The summed E-state index contributed by atoms with van der Waals surface area (Å²) < 4.78 is 7.77. The van der Waals surface area contributed by atoms with E-state index in [4.69, 9.17) is 14.8 Å². The minimum Gasteiger partial charge on any atom is -0.494 e. The quantitative estimate of drug-likeness (QED) is 0.423. The van der Waals surface area contributed by atoms with Crippen molar-refractivity contribution in [3.05, 3.63) is 77.0 Å². The van der Waals surface area contributed by atoms with Crippen LogP contribution in [0.1, 0.15) is 57.2 Å². The molecule has 0 fully saturated rings. The molecule has 176 valence electrons. The van der Waals surface area contributed by atoms with Crippen molar-refractivity contribution in [2.45, 2.75) is 57.0 Å². The molecule has 0 saturated heterocycles. The number of aromatic nitrogens is 3. The van der Waals surface area contributed by atoms with Gasteiger partial charge in [0.25, 0.3) is 0 Å². The Morgan fingerprint density at radius 3 is 2.76 bits per heavy atom. The van der Waals surface area contributed by atoms with Gasteiger partial charge in [-0.3, -0.25) is 4.79 Å². The highest BCUT2D eigenvalue weighted by Crippen LogP contribution is 2.46. The minimum absolute atomic E-state index is 0.0906. The van der Waals surface area contributed by atoms with E-state index in [1.54, 1.807) is 11.8 Å². The van der Waals surface area contributed by atoms with Gasteiger partial charge in [0.2, 0.25) is 11.1 Å². The van der Waals surface area contributed by atoms with Crippen LogP contribution in [-0.2, 0) is 10.5 Å². The number of carbonyl (C=O) groups excluding carboxylic acids is 1. The molecule has 7 heteroatoms. The number of Topliss-reactive ketones (excluding diaryl/α,β-unsaturated/α-hetero) is 1. The fourth-order valence-electron chi connectivity index (χ4n) is 4.68. The predicted octanol–water partition coefficient (Wildman–Crippen LogP) is 6.02. The summed E-state index contributed by atoms with van der Waals surface area (Å²) in [5, 5.41) is 9.01. The van der Waals surface area contributed by atoms with Crippen molar-refractivity contribution in [2.24, 2.45) is 5.41 Å². The number of anilines is 1. The van der Waals surface area contributed by atoms with Crippen LogP contribution in [0.25, 0.3) is 0 Å². The fourth-order valence-corrected chi connectivity index (χ4v) is 5.46. The molecule has 2 heterocycles. The second-order valence-electron chi connectivity index (χ2n) is 9.72. The van der Waals surface area contributed by atoms with Gasteiger partial charge in [0.1, 0.15) is 11.8 Å². The third kappa shape index (κ3) is 4.62. The van der Waals surface area contributed by atoms with Crippen LogP contribution < -0.4 is 10.1 Å². The first-order valence-electron chi connectivity index (χ1n) is 11.8. The van der Waals surface area contributed by atoms with Crippen molar-refractivity contribution in [3.63, 3.8) is 0 Å². The monoisotopic (exact) mass is 474 g/mol. The number of hydrogen-bond acceptors (Lipinski definition) is 6. The molecule has 0 spiro atoms. The minimum atomic E-state index is -0.321. The Balaban J connectivity index is 1.53. The number of allylic oxidation sites excluding steroid dienone is 2. The Labute approximate surface area is 204 Å². The van der Waals surface area contributed by atoms with E-state index in [1.807, 2.05) is 41.1 Å². The zero-order valence-corrected chi connectivity index (χ0v) is 20.7. The molecule has 0 amide bonds. The Hall–Kier alpha value is -3.06. The van der Waals surface area contributed by atoms with Crippen molar-refractivity contribution in [1.29, 1.82) is 0 Å². The summed E-state index contributed by atoms with van der Waals surface area (Å²) in [6.45, 7) is 7.04. The van der Waals surface area contributed by atoms with Gasteiger partial charge in [-0.05, 0) is 41.5 Å². The molecule has 5 rings (SSSR count). The number of thioether (sulfide) groups is 1. The van der Waals surface area contributed by atoms with Crippen LogP contribution in [-0.4, -0.2) is 27.2 Å². The van der Waals surface area contributed by atoms with Gasteiger partial charge in [0.15, 0.2) is 5.78 Å². The molecule has 2 aliphatic rings. The first kappa shape index (κ1) is 22.7. The van der Waals surface area contributed by atoms with Gasteiger partial charge >= 0.3 is 0 Å². The molecule has 34 heavy (non-hydrogen) atoms. The molecule has 0 bridgehead atoms. The highest BCUT2D eigenvalue weighted by atomic mass is 32.2. The molecular formula is C27H30N4O2S. The van der Waals surface area contributed by atoms with Gasteiger partial charge in [0, 0.05) is 23.4 Å². The number of fused-ring (bicyclic) bond motifs is 1. The lowest BCUT2D eigenvalue weighted by atomic mass is 9.73. The van der Waals surface area contributed by atoms with Crippen molar-refractivity contribution < 1.29 is 9.53 Å². The van der Waals surface area contributed by atoms with Crippen LogP contribution in [0.3, 0.4) is 0 Å². The highest BCUT2D eigenvalue weighted by Gasteiger charge is 2.42. The molecule has 1 aromatic heterocycles. The number of benzene rings is 2. The number of nitrogens with zero attached hydrogens (tertiary/aromatic N) is 3. The average Bonchev–Trinajstić information content (AvgIpc) is 3.22. The molecule has 3 aromatic rings. The fraction of sp³-hybridized carbons (Fsp3) is 0.370. The van der Waals surface area contributed by atoms with Gasteiger partial charge in [-0.15, -0.1) is 5.10 Å². The maximum absolute atomic E-state index is 13.4. The number of carbonyl (C=O) groups is 1.